The van der Waals surface area contributed by atoms with Crippen LogP contribution in [0.5, 0.6) is 5.75 Å². The number of benzene rings is 1. The Morgan fingerprint density at radius 2 is 1.88 bits per heavy atom. The number of para-hydroxylation sites is 1. The number of aliphatic hydroxyl groups excluding tert-OH is 1. The lowest BCUT2D eigenvalue weighted by Crippen LogP contribution is -2.90. The molecule has 3 aliphatic heterocycles. The normalized spacial score (nSPS) is 40.6. The first-order valence-electron chi connectivity index (χ1n) is 11.3. The van der Waals surface area contributed by atoms with Crippen molar-refractivity contribution in [2.75, 3.05) is 32.8 Å². The van der Waals surface area contributed by atoms with Crippen molar-refractivity contribution in [1.82, 2.24) is 4.90 Å². The summed E-state index contributed by atoms with van der Waals surface area (Å²) in [6.07, 6.45) is 1.49. The van der Waals surface area contributed by atoms with Gasteiger partial charge in [-0.1, -0.05) is 18.2 Å². The van der Waals surface area contributed by atoms with Crippen LogP contribution in [0.15, 0.2) is 30.4 Å². The van der Waals surface area contributed by atoms with Crippen molar-refractivity contribution in [3.05, 3.63) is 35.9 Å². The summed E-state index contributed by atoms with van der Waals surface area (Å²) < 4.78 is 15.9. The largest absolute Gasteiger partial charge is 0.495 e. The molecule has 180 valence electrons. The third kappa shape index (κ3) is 1.79. The van der Waals surface area contributed by atoms with Gasteiger partial charge in [-0.25, -0.2) is 9.59 Å². The molecule has 1 aromatic carbocycles. The van der Waals surface area contributed by atoms with Crippen LogP contribution < -0.4 is 9.64 Å². The van der Waals surface area contributed by atoms with Crippen molar-refractivity contribution in [1.29, 1.82) is 0 Å². The molecule has 6 unspecified atom stereocenters. The van der Waals surface area contributed by atoms with E-state index >= 15 is 0 Å². The second-order valence-electron chi connectivity index (χ2n) is 9.78. The fourth-order valence-corrected chi connectivity index (χ4v) is 8.25. The standard InChI is InChI=1S/C24H26N2O8/c1-32-14-6-4-5-13-16(14)26(20(30)34-3)23-10-9-21(18(28)24(23,31)19(29)33-2)8-7-15(27)25-12-11-22(13,23)17(21)25/h4-8,17-18,28,31H,9-12H2,1-3H3. The molecule has 2 N–H and O–H groups in total. The molecule has 10 heteroatoms. The topological polar surface area (TPSA) is 126 Å². The third-order valence-corrected chi connectivity index (χ3v) is 9.21. The van der Waals surface area contributed by atoms with Gasteiger partial charge in [0.05, 0.1) is 33.1 Å². The van der Waals surface area contributed by atoms with Gasteiger partial charge in [-0.05, 0) is 37.0 Å². The van der Waals surface area contributed by atoms with E-state index in [-0.39, 0.29) is 12.3 Å². The minimum atomic E-state index is -2.50. The van der Waals surface area contributed by atoms with Gasteiger partial charge in [-0.3, -0.25) is 9.69 Å². The number of esters is 1. The number of amides is 2. The van der Waals surface area contributed by atoms with Crippen molar-refractivity contribution in [3.8, 4) is 5.75 Å². The van der Waals surface area contributed by atoms with Crippen LogP contribution in [0.3, 0.4) is 0 Å². The molecule has 6 atom stereocenters. The molecule has 4 fully saturated rings. The highest BCUT2D eigenvalue weighted by atomic mass is 16.6. The van der Waals surface area contributed by atoms with Crippen LogP contribution in [0.2, 0.25) is 0 Å². The van der Waals surface area contributed by atoms with E-state index < -0.39 is 46.2 Å². The quantitative estimate of drug-likeness (QED) is 0.598. The van der Waals surface area contributed by atoms with E-state index in [1.807, 2.05) is 6.07 Å². The molecule has 3 aliphatic carbocycles. The highest BCUT2D eigenvalue weighted by Crippen LogP contribution is 2.76. The first-order chi connectivity index (χ1) is 16.2. The first kappa shape index (κ1) is 21.4. The zero-order valence-corrected chi connectivity index (χ0v) is 19.1. The van der Waals surface area contributed by atoms with Gasteiger partial charge in [-0.15, -0.1) is 0 Å². The van der Waals surface area contributed by atoms with Crippen molar-refractivity contribution in [2.24, 2.45) is 5.41 Å². The van der Waals surface area contributed by atoms with Crippen molar-refractivity contribution in [2.45, 2.75) is 48.0 Å². The summed E-state index contributed by atoms with van der Waals surface area (Å²) in [5.41, 5.74) is -5.33. The Bertz CT molecular complexity index is 1180. The molecule has 0 radical (unpaired) electrons. The van der Waals surface area contributed by atoms with Crippen molar-refractivity contribution < 1.29 is 38.8 Å². The van der Waals surface area contributed by atoms with Gasteiger partial charge in [0.15, 0.2) is 0 Å². The fraction of sp³-hybridized carbons (Fsp3) is 0.542. The van der Waals surface area contributed by atoms with Crippen molar-refractivity contribution >= 4 is 23.7 Å². The predicted molar refractivity (Wildman–Crippen MR) is 116 cm³/mol. The van der Waals surface area contributed by atoms with E-state index in [2.05, 4.69) is 0 Å². The van der Waals surface area contributed by atoms with Crippen LogP contribution in [0, 0.1) is 5.41 Å². The van der Waals surface area contributed by atoms with Gasteiger partial charge in [0.1, 0.15) is 17.4 Å². The minimum absolute atomic E-state index is 0.172. The number of rotatable bonds is 2. The molecular weight excluding hydrogens is 444 g/mol. The molecule has 1 aromatic rings. The lowest BCUT2D eigenvalue weighted by atomic mass is 9.37. The van der Waals surface area contributed by atoms with Gasteiger partial charge in [-0.2, -0.15) is 0 Å². The Hall–Kier alpha value is -3.11. The number of hydrogen-bond acceptors (Lipinski definition) is 8. The van der Waals surface area contributed by atoms with E-state index in [9.17, 15) is 24.6 Å². The third-order valence-electron chi connectivity index (χ3n) is 9.21. The lowest BCUT2D eigenvalue weighted by molar-refractivity contribution is -0.261. The van der Waals surface area contributed by atoms with Gasteiger partial charge < -0.3 is 29.3 Å². The van der Waals surface area contributed by atoms with Crippen LogP contribution >= 0.6 is 0 Å². The second kappa shape index (κ2) is 6.31. The second-order valence-corrected chi connectivity index (χ2v) is 9.78. The number of ether oxygens (including phenoxy) is 3. The summed E-state index contributed by atoms with van der Waals surface area (Å²) in [5, 5.41) is 24.2. The summed E-state index contributed by atoms with van der Waals surface area (Å²) in [4.78, 5) is 42.9. The number of carbonyl (C=O) groups excluding carboxylic acids is 3. The van der Waals surface area contributed by atoms with Crippen LogP contribution in [-0.4, -0.2) is 84.2 Å². The Balaban J connectivity index is 1.80. The SMILES string of the molecule is COC(=O)N1c2c(OC)cccc2C23CCN4C(=O)C=CC5(CCC12C(O)(C(=O)OC)C5O)C43. The molecule has 7 rings (SSSR count). The number of hydrogen-bond donors (Lipinski definition) is 2. The number of fused-ring (bicyclic) bond motifs is 3. The highest BCUT2D eigenvalue weighted by molar-refractivity contribution is 6.02. The van der Waals surface area contributed by atoms with E-state index in [1.165, 1.54) is 25.2 Å². The summed E-state index contributed by atoms with van der Waals surface area (Å²) in [7, 11) is 3.83. The van der Waals surface area contributed by atoms with Gasteiger partial charge in [0.2, 0.25) is 11.5 Å². The molecule has 3 saturated carbocycles. The molecule has 6 aliphatic rings. The average molecular weight is 470 g/mol. The average Bonchev–Trinajstić information content (AvgIpc) is 3.40. The number of anilines is 1. The summed E-state index contributed by atoms with van der Waals surface area (Å²) in [6, 6.07) is 4.72. The molecule has 10 nitrogen and oxygen atoms in total. The Morgan fingerprint density at radius 1 is 1.12 bits per heavy atom. The maximum Gasteiger partial charge on any atom is 0.414 e. The molecule has 3 heterocycles. The van der Waals surface area contributed by atoms with Gasteiger partial charge >= 0.3 is 12.1 Å². The Labute approximate surface area is 195 Å². The molecule has 0 aromatic heterocycles. The molecule has 34 heavy (non-hydrogen) atoms. The van der Waals surface area contributed by atoms with Crippen LogP contribution in [-0.2, 0) is 24.5 Å². The summed E-state index contributed by atoms with van der Waals surface area (Å²) in [6.45, 7) is 0.340. The lowest BCUT2D eigenvalue weighted by Gasteiger charge is -2.72. The zero-order valence-electron chi connectivity index (χ0n) is 19.1. The fourth-order valence-electron chi connectivity index (χ4n) is 8.25. The molecular formula is C24H26N2O8. The molecule has 2 bridgehead atoms. The molecule has 3 spiro atoms. The van der Waals surface area contributed by atoms with E-state index in [1.54, 1.807) is 23.1 Å². The van der Waals surface area contributed by atoms with E-state index in [0.717, 1.165) is 7.11 Å². The van der Waals surface area contributed by atoms with Gasteiger partial charge in [0.25, 0.3) is 0 Å². The first-order valence-corrected chi connectivity index (χ1v) is 11.3. The van der Waals surface area contributed by atoms with Crippen molar-refractivity contribution in [3.63, 3.8) is 0 Å². The smallest absolute Gasteiger partial charge is 0.414 e. The summed E-state index contributed by atoms with van der Waals surface area (Å²) in [5.74, 6) is -0.886. The van der Waals surface area contributed by atoms with Gasteiger partial charge in [0, 0.05) is 17.4 Å². The Morgan fingerprint density at radius 3 is 2.56 bits per heavy atom. The predicted octanol–water partition coefficient (Wildman–Crippen LogP) is 0.488. The zero-order chi connectivity index (χ0) is 24.3. The number of carbonyl (C=O) groups is 3. The van der Waals surface area contributed by atoms with Crippen LogP contribution in [0.4, 0.5) is 10.5 Å². The number of nitrogens with zero attached hydrogens (tertiary/aromatic N) is 2. The van der Waals surface area contributed by atoms with Crippen LogP contribution in [0.1, 0.15) is 24.8 Å². The monoisotopic (exact) mass is 470 g/mol. The van der Waals surface area contributed by atoms with E-state index in [0.29, 0.717) is 36.4 Å². The van der Waals surface area contributed by atoms with Crippen LogP contribution in [0.25, 0.3) is 0 Å². The molecule has 1 saturated heterocycles. The molecule has 2 amide bonds. The highest BCUT2D eigenvalue weighted by Gasteiger charge is 2.90. The number of methoxy groups -OCH3 is 3. The summed E-state index contributed by atoms with van der Waals surface area (Å²) >= 11 is 0. The number of aliphatic hydroxyl groups is 2. The maximum atomic E-state index is 13.5. The van der Waals surface area contributed by atoms with E-state index in [4.69, 9.17) is 14.2 Å². The maximum absolute atomic E-state index is 13.5. The minimum Gasteiger partial charge on any atom is -0.495 e. The Kier molecular flexibility index (Phi) is 3.97.